The molecule has 4 aromatic rings. The Balaban J connectivity index is 1.68. The van der Waals surface area contributed by atoms with Crippen molar-refractivity contribution in [3.63, 3.8) is 0 Å². The molecule has 0 spiro atoms. The summed E-state index contributed by atoms with van der Waals surface area (Å²) < 4.78 is 2.03. The number of hydrogen-bond donors (Lipinski definition) is 2. The van der Waals surface area contributed by atoms with Gasteiger partial charge in [0.15, 0.2) is 5.82 Å². The molecule has 0 atom stereocenters. The fourth-order valence-corrected chi connectivity index (χ4v) is 2.50. The summed E-state index contributed by atoms with van der Waals surface area (Å²) in [4.78, 5) is 20.6. The van der Waals surface area contributed by atoms with Gasteiger partial charge in [0, 0.05) is 18.6 Å². The van der Waals surface area contributed by atoms with E-state index >= 15 is 0 Å². The van der Waals surface area contributed by atoms with Crippen LogP contribution in [0.25, 0.3) is 16.6 Å². The molecule has 0 fully saturated rings. The minimum atomic E-state index is -0.266. The highest BCUT2D eigenvalue weighted by Gasteiger charge is 2.09. The van der Waals surface area contributed by atoms with E-state index in [2.05, 4.69) is 20.8 Å². The number of benzene rings is 1. The van der Waals surface area contributed by atoms with Crippen LogP contribution >= 0.6 is 0 Å². The Morgan fingerprint density at radius 3 is 2.74 bits per heavy atom. The van der Waals surface area contributed by atoms with Crippen LogP contribution in [0.4, 0.5) is 5.82 Å². The lowest BCUT2D eigenvalue weighted by atomic mass is 10.3. The molecule has 3 aromatic heterocycles. The number of nitrogens with zero attached hydrogens (tertiary/aromatic N) is 3. The van der Waals surface area contributed by atoms with Gasteiger partial charge < -0.3 is 4.40 Å². The van der Waals surface area contributed by atoms with E-state index in [0.29, 0.717) is 11.4 Å². The number of hydrogen-bond acceptors (Lipinski definition) is 4. The molecule has 112 valence electrons. The van der Waals surface area contributed by atoms with E-state index in [-0.39, 0.29) is 5.91 Å². The monoisotopic (exact) mass is 303 g/mol. The second kappa shape index (κ2) is 5.42. The van der Waals surface area contributed by atoms with Gasteiger partial charge in [-0.1, -0.05) is 12.1 Å². The summed E-state index contributed by atoms with van der Waals surface area (Å²) in [5, 5.41) is 0. The van der Waals surface area contributed by atoms with E-state index < -0.39 is 0 Å². The van der Waals surface area contributed by atoms with Crippen LogP contribution in [-0.4, -0.2) is 20.3 Å². The summed E-state index contributed by atoms with van der Waals surface area (Å²) in [7, 11) is 0. The van der Waals surface area contributed by atoms with Crippen molar-refractivity contribution in [3.05, 3.63) is 72.7 Å². The molecule has 1 amide bonds. The zero-order valence-corrected chi connectivity index (χ0v) is 12.1. The summed E-state index contributed by atoms with van der Waals surface area (Å²) in [6.07, 6.45) is 5.10. The quantitative estimate of drug-likeness (QED) is 0.571. The number of para-hydroxylation sites is 2. The molecule has 0 bridgehead atoms. The fourth-order valence-electron chi connectivity index (χ4n) is 2.50. The van der Waals surface area contributed by atoms with Crippen molar-refractivity contribution in [1.29, 1.82) is 0 Å². The van der Waals surface area contributed by atoms with Gasteiger partial charge in [0.2, 0.25) is 0 Å². The SMILES string of the molecule is O=C(NNc1nc2ccccc2n2cccc12)c1cccnc1. The predicted octanol–water partition coefficient (Wildman–Crippen LogP) is 2.64. The first-order valence-corrected chi connectivity index (χ1v) is 7.15. The van der Waals surface area contributed by atoms with Crippen molar-refractivity contribution in [2.75, 3.05) is 5.43 Å². The Bertz CT molecular complexity index is 994. The minimum Gasteiger partial charge on any atom is -0.312 e. The first-order chi connectivity index (χ1) is 11.3. The van der Waals surface area contributed by atoms with Gasteiger partial charge >= 0.3 is 0 Å². The van der Waals surface area contributed by atoms with Gasteiger partial charge in [0.25, 0.3) is 5.91 Å². The Morgan fingerprint density at radius 2 is 1.87 bits per heavy atom. The molecule has 6 nitrogen and oxygen atoms in total. The van der Waals surface area contributed by atoms with Gasteiger partial charge in [-0.25, -0.2) is 4.98 Å². The molecule has 23 heavy (non-hydrogen) atoms. The van der Waals surface area contributed by atoms with Crippen molar-refractivity contribution in [2.24, 2.45) is 0 Å². The molecular weight excluding hydrogens is 290 g/mol. The third-order valence-electron chi connectivity index (χ3n) is 3.58. The third-order valence-corrected chi connectivity index (χ3v) is 3.58. The van der Waals surface area contributed by atoms with E-state index in [1.54, 1.807) is 18.3 Å². The van der Waals surface area contributed by atoms with Crippen LogP contribution in [0, 0.1) is 0 Å². The maximum absolute atomic E-state index is 12.1. The average molecular weight is 303 g/mol. The predicted molar refractivity (Wildman–Crippen MR) is 88.0 cm³/mol. The Kier molecular flexibility index (Phi) is 3.12. The van der Waals surface area contributed by atoms with Gasteiger partial charge in [-0.3, -0.25) is 20.6 Å². The topological polar surface area (TPSA) is 71.3 Å². The molecule has 0 saturated carbocycles. The van der Waals surface area contributed by atoms with E-state index in [1.807, 2.05) is 47.0 Å². The lowest BCUT2D eigenvalue weighted by molar-refractivity contribution is 0.0962. The van der Waals surface area contributed by atoms with Crippen LogP contribution in [0.1, 0.15) is 10.4 Å². The number of amides is 1. The number of anilines is 1. The van der Waals surface area contributed by atoms with Crippen LogP contribution in [0.3, 0.4) is 0 Å². The second-order valence-corrected chi connectivity index (χ2v) is 5.03. The van der Waals surface area contributed by atoms with Crippen LogP contribution < -0.4 is 10.9 Å². The molecule has 3 heterocycles. The maximum Gasteiger partial charge on any atom is 0.271 e. The standard InChI is InChI=1S/C17H13N5O/c23-17(12-5-3-9-18-11-12)21-20-16-15-8-4-10-22(15)14-7-2-1-6-13(14)19-16/h1-11H,(H,19,20)(H,21,23). The highest BCUT2D eigenvalue weighted by Crippen LogP contribution is 2.21. The molecule has 4 rings (SSSR count). The number of nitrogens with one attached hydrogen (secondary N) is 2. The fraction of sp³-hybridized carbons (Fsp3) is 0. The molecule has 0 saturated heterocycles. The summed E-state index contributed by atoms with van der Waals surface area (Å²) in [5.74, 6) is 0.323. The van der Waals surface area contributed by atoms with Gasteiger partial charge in [-0.2, -0.15) is 0 Å². The van der Waals surface area contributed by atoms with E-state index in [4.69, 9.17) is 0 Å². The van der Waals surface area contributed by atoms with Crippen molar-refractivity contribution in [1.82, 2.24) is 19.8 Å². The number of pyridine rings is 1. The van der Waals surface area contributed by atoms with Gasteiger partial charge in [-0.15, -0.1) is 0 Å². The number of fused-ring (bicyclic) bond motifs is 3. The first kappa shape index (κ1) is 13.3. The lowest BCUT2D eigenvalue weighted by Crippen LogP contribution is -2.30. The van der Waals surface area contributed by atoms with Crippen molar-refractivity contribution in [3.8, 4) is 0 Å². The lowest BCUT2D eigenvalue weighted by Gasteiger charge is -2.11. The van der Waals surface area contributed by atoms with Gasteiger partial charge in [-0.05, 0) is 36.4 Å². The molecule has 0 aliphatic heterocycles. The molecule has 0 aliphatic carbocycles. The van der Waals surface area contributed by atoms with Gasteiger partial charge in [0.05, 0.1) is 22.1 Å². The average Bonchev–Trinajstić information content (AvgIpc) is 3.10. The number of rotatable bonds is 3. The van der Waals surface area contributed by atoms with Crippen LogP contribution in [0.2, 0.25) is 0 Å². The number of aromatic nitrogens is 3. The molecule has 1 aromatic carbocycles. The molecule has 0 unspecified atom stereocenters. The summed E-state index contributed by atoms with van der Waals surface area (Å²) in [6.45, 7) is 0. The smallest absolute Gasteiger partial charge is 0.271 e. The molecule has 2 N–H and O–H groups in total. The van der Waals surface area contributed by atoms with E-state index in [9.17, 15) is 4.79 Å². The Labute approximate surface area is 131 Å². The first-order valence-electron chi connectivity index (χ1n) is 7.15. The number of carbonyl (C=O) groups is 1. The minimum absolute atomic E-state index is 0.266. The highest BCUT2D eigenvalue weighted by atomic mass is 16.2. The Morgan fingerprint density at radius 1 is 1.00 bits per heavy atom. The number of hydrazine groups is 1. The second-order valence-electron chi connectivity index (χ2n) is 5.03. The highest BCUT2D eigenvalue weighted by molar-refractivity contribution is 5.95. The normalized spacial score (nSPS) is 10.8. The summed E-state index contributed by atoms with van der Waals surface area (Å²) in [5.41, 5.74) is 8.78. The largest absolute Gasteiger partial charge is 0.312 e. The van der Waals surface area contributed by atoms with E-state index in [1.165, 1.54) is 6.20 Å². The summed E-state index contributed by atoms with van der Waals surface area (Å²) in [6, 6.07) is 15.1. The molecule has 0 aliphatic rings. The van der Waals surface area contributed by atoms with Crippen LogP contribution in [0.5, 0.6) is 0 Å². The summed E-state index contributed by atoms with van der Waals surface area (Å²) >= 11 is 0. The van der Waals surface area contributed by atoms with Gasteiger partial charge in [0.1, 0.15) is 0 Å². The van der Waals surface area contributed by atoms with Crippen molar-refractivity contribution < 1.29 is 4.79 Å². The van der Waals surface area contributed by atoms with Crippen molar-refractivity contribution >= 4 is 28.3 Å². The zero-order valence-electron chi connectivity index (χ0n) is 12.1. The van der Waals surface area contributed by atoms with Crippen LogP contribution in [-0.2, 0) is 0 Å². The zero-order chi connectivity index (χ0) is 15.6. The molecular formula is C17H13N5O. The van der Waals surface area contributed by atoms with Crippen molar-refractivity contribution in [2.45, 2.75) is 0 Å². The number of carbonyl (C=O) groups excluding carboxylic acids is 1. The third kappa shape index (κ3) is 2.36. The Hall–Kier alpha value is -3.41. The van der Waals surface area contributed by atoms with E-state index in [0.717, 1.165) is 16.6 Å². The maximum atomic E-state index is 12.1. The van der Waals surface area contributed by atoms with Crippen LogP contribution in [0.15, 0.2) is 67.1 Å². The molecule has 6 heteroatoms. The molecule has 0 radical (unpaired) electrons.